The van der Waals surface area contributed by atoms with Crippen LogP contribution in [0.1, 0.15) is 50.8 Å². The third-order valence-electron chi connectivity index (χ3n) is 4.88. The van der Waals surface area contributed by atoms with E-state index in [0.717, 1.165) is 24.1 Å². The summed E-state index contributed by atoms with van der Waals surface area (Å²) < 4.78 is 0. The van der Waals surface area contributed by atoms with Crippen LogP contribution in [-0.4, -0.2) is 4.98 Å². The Balaban J connectivity index is 2.34. The van der Waals surface area contributed by atoms with Gasteiger partial charge in [0.2, 0.25) is 5.56 Å². The van der Waals surface area contributed by atoms with E-state index in [-0.39, 0.29) is 5.56 Å². The highest BCUT2D eigenvalue weighted by molar-refractivity contribution is 5.51. The second-order valence-corrected chi connectivity index (χ2v) is 6.10. The molecule has 20 heavy (non-hydrogen) atoms. The van der Waals surface area contributed by atoms with E-state index in [1.807, 2.05) is 6.07 Å². The van der Waals surface area contributed by atoms with Gasteiger partial charge >= 0.3 is 0 Å². The van der Waals surface area contributed by atoms with Crippen LogP contribution in [0.4, 0.5) is 0 Å². The molecule has 3 atom stereocenters. The second-order valence-electron chi connectivity index (χ2n) is 6.10. The Labute approximate surface area is 119 Å². The Bertz CT molecular complexity index is 668. The number of nitrogens with one attached hydrogen (secondary N) is 1. The maximum absolute atomic E-state index is 11.7. The zero-order valence-corrected chi connectivity index (χ0v) is 12.4. The topological polar surface area (TPSA) is 58.9 Å². The molecule has 2 bridgehead atoms. The number of rotatable bonds is 1. The van der Waals surface area contributed by atoms with Gasteiger partial charge in [-0.2, -0.15) is 0 Å². The van der Waals surface area contributed by atoms with Crippen molar-refractivity contribution in [3.05, 3.63) is 57.0 Å². The van der Waals surface area contributed by atoms with Crippen molar-refractivity contribution in [1.29, 1.82) is 0 Å². The van der Waals surface area contributed by atoms with E-state index in [2.05, 4.69) is 37.9 Å². The van der Waals surface area contributed by atoms with Crippen LogP contribution < -0.4 is 11.3 Å². The van der Waals surface area contributed by atoms with E-state index in [0.29, 0.717) is 11.8 Å². The van der Waals surface area contributed by atoms with E-state index < -0.39 is 5.54 Å². The number of hydrogen-bond donors (Lipinski definition) is 2. The molecule has 1 aromatic rings. The fraction of sp³-hybridized carbons (Fsp3) is 0.471. The smallest absolute Gasteiger partial charge is 0.248 e. The van der Waals surface area contributed by atoms with Crippen molar-refractivity contribution >= 4 is 0 Å². The summed E-state index contributed by atoms with van der Waals surface area (Å²) in [6.07, 6.45) is 6.33. The lowest BCUT2D eigenvalue weighted by Gasteiger charge is -2.48. The molecule has 0 fully saturated rings. The van der Waals surface area contributed by atoms with Gasteiger partial charge in [-0.3, -0.25) is 4.79 Å². The summed E-state index contributed by atoms with van der Waals surface area (Å²) in [5.74, 6) is 0.631. The van der Waals surface area contributed by atoms with Crippen molar-refractivity contribution in [1.82, 2.24) is 4.98 Å². The fourth-order valence-corrected chi connectivity index (χ4v) is 4.14. The number of nitrogens with two attached hydrogens (primary N) is 1. The Kier molecular flexibility index (Phi) is 2.98. The quantitative estimate of drug-likeness (QED) is 0.771. The van der Waals surface area contributed by atoms with Crippen molar-refractivity contribution in [2.24, 2.45) is 11.7 Å². The zero-order chi connectivity index (χ0) is 14.5. The van der Waals surface area contributed by atoms with E-state index in [9.17, 15) is 4.79 Å². The maximum atomic E-state index is 11.7. The molecule has 0 aliphatic heterocycles. The van der Waals surface area contributed by atoms with E-state index in [4.69, 9.17) is 5.73 Å². The summed E-state index contributed by atoms with van der Waals surface area (Å²) in [5, 5.41) is 0. The van der Waals surface area contributed by atoms with Gasteiger partial charge < -0.3 is 10.7 Å². The number of allylic oxidation sites excluding steroid dienone is 2. The summed E-state index contributed by atoms with van der Waals surface area (Å²) in [5.41, 5.74) is 11.1. The average Bonchev–Trinajstić information content (AvgIpc) is 2.38. The van der Waals surface area contributed by atoms with Gasteiger partial charge in [-0.15, -0.1) is 0 Å². The third kappa shape index (κ3) is 1.66. The van der Waals surface area contributed by atoms with Gasteiger partial charge in [0, 0.05) is 23.6 Å². The molecule has 0 saturated heterocycles. The highest BCUT2D eigenvalue weighted by atomic mass is 16.1. The highest BCUT2D eigenvalue weighted by Crippen LogP contribution is 2.53. The number of aromatic nitrogens is 1. The molecule has 0 spiro atoms. The zero-order valence-electron chi connectivity index (χ0n) is 12.4. The monoisotopic (exact) mass is 270 g/mol. The molecule has 1 aromatic heterocycles. The van der Waals surface area contributed by atoms with Gasteiger partial charge in [0.15, 0.2) is 0 Å². The van der Waals surface area contributed by atoms with Crippen LogP contribution in [0, 0.1) is 5.92 Å². The predicted octanol–water partition coefficient (Wildman–Crippen LogP) is 2.95. The van der Waals surface area contributed by atoms with Crippen molar-refractivity contribution < 1.29 is 0 Å². The summed E-state index contributed by atoms with van der Waals surface area (Å²) >= 11 is 0. The number of hydrogen-bond acceptors (Lipinski definition) is 2. The van der Waals surface area contributed by atoms with Crippen LogP contribution in [0.15, 0.2) is 40.2 Å². The first kappa shape index (κ1) is 13.4. The molecule has 0 saturated carbocycles. The van der Waals surface area contributed by atoms with Gasteiger partial charge in [-0.25, -0.2) is 0 Å². The average molecular weight is 270 g/mol. The van der Waals surface area contributed by atoms with E-state index >= 15 is 0 Å². The molecule has 2 aliphatic carbocycles. The van der Waals surface area contributed by atoms with Gasteiger partial charge in [-0.1, -0.05) is 24.6 Å². The van der Waals surface area contributed by atoms with Crippen LogP contribution in [0.2, 0.25) is 0 Å². The van der Waals surface area contributed by atoms with Crippen molar-refractivity contribution in [2.45, 2.75) is 45.1 Å². The molecule has 2 aliphatic rings. The van der Waals surface area contributed by atoms with Gasteiger partial charge in [0.05, 0.1) is 5.54 Å². The van der Waals surface area contributed by atoms with Crippen LogP contribution in [-0.2, 0) is 5.54 Å². The molecule has 0 aromatic carbocycles. The first-order chi connectivity index (χ1) is 9.51. The van der Waals surface area contributed by atoms with Gasteiger partial charge in [0.25, 0.3) is 0 Å². The Morgan fingerprint density at radius 1 is 1.50 bits per heavy atom. The first-order valence-corrected chi connectivity index (χ1v) is 7.37. The Hall–Kier alpha value is -1.61. The van der Waals surface area contributed by atoms with Crippen LogP contribution in [0.3, 0.4) is 0 Å². The molecule has 0 unspecified atom stereocenters. The standard InChI is InChI=1S/C17H22N2O/c1-4-11-12-8-10(3)9-17(18,13(12)5-2)14-6-7-15(20)19-16(11)14/h5-8,11-12H,4,9,18H2,1-3H3,(H,19,20)/b13-5+/t11-,12+,17-/m1/s1. The summed E-state index contributed by atoms with van der Waals surface area (Å²) in [6, 6.07) is 3.52. The number of fused-ring (bicyclic) bond motifs is 4. The summed E-state index contributed by atoms with van der Waals surface area (Å²) in [6.45, 7) is 6.40. The Morgan fingerprint density at radius 2 is 2.25 bits per heavy atom. The highest BCUT2D eigenvalue weighted by Gasteiger charge is 2.47. The normalized spacial score (nSPS) is 33.8. The predicted molar refractivity (Wildman–Crippen MR) is 81.6 cm³/mol. The summed E-state index contributed by atoms with van der Waals surface area (Å²) in [7, 11) is 0. The lowest BCUT2D eigenvalue weighted by atomic mass is 9.59. The van der Waals surface area contributed by atoms with Crippen molar-refractivity contribution in [3.63, 3.8) is 0 Å². The molecule has 3 heteroatoms. The molecule has 106 valence electrons. The third-order valence-corrected chi connectivity index (χ3v) is 4.88. The molecular weight excluding hydrogens is 248 g/mol. The molecular formula is C17H22N2O. The fourth-order valence-electron chi connectivity index (χ4n) is 4.14. The summed E-state index contributed by atoms with van der Waals surface area (Å²) in [4.78, 5) is 14.8. The molecule has 0 radical (unpaired) electrons. The van der Waals surface area contributed by atoms with E-state index in [1.54, 1.807) is 6.07 Å². The molecule has 1 heterocycles. The number of pyridine rings is 1. The lowest BCUT2D eigenvalue weighted by Crippen LogP contribution is -2.49. The first-order valence-electron chi connectivity index (χ1n) is 7.37. The van der Waals surface area contributed by atoms with Crippen molar-refractivity contribution in [2.75, 3.05) is 0 Å². The van der Waals surface area contributed by atoms with E-state index in [1.165, 1.54) is 11.1 Å². The minimum Gasteiger partial charge on any atom is -0.326 e. The molecule has 3 N–H and O–H groups in total. The Morgan fingerprint density at radius 3 is 2.90 bits per heavy atom. The van der Waals surface area contributed by atoms with Gasteiger partial charge in [-0.05, 0) is 43.9 Å². The van der Waals surface area contributed by atoms with Crippen molar-refractivity contribution in [3.8, 4) is 0 Å². The van der Waals surface area contributed by atoms with Gasteiger partial charge in [0.1, 0.15) is 0 Å². The molecule has 3 nitrogen and oxygen atoms in total. The molecule has 3 rings (SSSR count). The van der Waals surface area contributed by atoms with Crippen LogP contribution in [0.25, 0.3) is 0 Å². The largest absolute Gasteiger partial charge is 0.326 e. The number of aromatic amines is 1. The minimum absolute atomic E-state index is 0.0338. The number of H-pyrrole nitrogens is 1. The molecule has 0 amide bonds. The van der Waals surface area contributed by atoms with Crippen LogP contribution in [0.5, 0.6) is 0 Å². The lowest BCUT2D eigenvalue weighted by molar-refractivity contribution is 0.359. The maximum Gasteiger partial charge on any atom is 0.248 e. The second kappa shape index (κ2) is 4.45. The minimum atomic E-state index is -0.455. The SMILES string of the molecule is C/C=C1\[C@H]2C=C(C)C[C@]1(N)c1ccc(=O)[nH]c1[C@@H]2CC. The van der Waals surface area contributed by atoms with Crippen LogP contribution >= 0.6 is 0 Å².